The predicted molar refractivity (Wildman–Crippen MR) is 83.9 cm³/mol. The summed E-state index contributed by atoms with van der Waals surface area (Å²) in [4.78, 5) is 3.87. The van der Waals surface area contributed by atoms with E-state index in [1.165, 1.54) is 32.0 Å². The van der Waals surface area contributed by atoms with Crippen molar-refractivity contribution in [2.45, 2.75) is 31.2 Å². The second kappa shape index (κ2) is 6.36. The molecule has 2 aromatic rings. The Labute approximate surface area is 141 Å². The first-order valence-electron chi connectivity index (χ1n) is 7.39. The van der Waals surface area contributed by atoms with Crippen LogP contribution in [0.4, 0.5) is 17.6 Å². The average molecular weight is 358 g/mol. The van der Waals surface area contributed by atoms with Crippen LogP contribution in [-0.4, -0.2) is 27.9 Å². The summed E-state index contributed by atoms with van der Waals surface area (Å²) >= 11 is 0. The summed E-state index contributed by atoms with van der Waals surface area (Å²) in [6.45, 7) is 1.63. The number of hydrogen-bond acceptors (Lipinski definition) is 4. The number of aliphatic hydroxyl groups is 2. The van der Waals surface area contributed by atoms with Gasteiger partial charge in [-0.1, -0.05) is 0 Å². The van der Waals surface area contributed by atoms with E-state index >= 15 is 0 Å². The zero-order chi connectivity index (χ0) is 19.0. The molecule has 0 bridgehead atoms. The summed E-state index contributed by atoms with van der Waals surface area (Å²) in [5.41, 5.74) is 0.0522. The van der Waals surface area contributed by atoms with E-state index in [-0.39, 0.29) is 11.3 Å². The van der Waals surface area contributed by atoms with E-state index in [0.717, 1.165) is 18.2 Å². The molecule has 0 amide bonds. The minimum absolute atomic E-state index is 0.0470. The van der Waals surface area contributed by atoms with Crippen LogP contribution in [0.2, 0.25) is 0 Å². The van der Waals surface area contributed by atoms with Crippen LogP contribution in [0.1, 0.15) is 25.1 Å². The summed E-state index contributed by atoms with van der Waals surface area (Å²) in [7, 11) is 0. The first-order chi connectivity index (χ1) is 11.4. The third-order valence-electron chi connectivity index (χ3n) is 3.86. The van der Waals surface area contributed by atoms with Gasteiger partial charge in [-0.15, -0.1) is 0 Å². The highest BCUT2D eigenvalue weighted by molar-refractivity contribution is 5.60. The van der Waals surface area contributed by atoms with Crippen LogP contribution >= 0.6 is 0 Å². The Morgan fingerprint density at radius 2 is 1.60 bits per heavy atom. The molecule has 1 heterocycles. The molecule has 136 valence electrons. The van der Waals surface area contributed by atoms with Gasteiger partial charge in [0.2, 0.25) is 5.60 Å². The van der Waals surface area contributed by atoms with Crippen molar-refractivity contribution in [3.63, 3.8) is 0 Å². The maximum Gasteiger partial charge on any atom is 0.424 e. The van der Waals surface area contributed by atoms with Gasteiger partial charge in [-0.3, -0.25) is 0 Å². The number of hydrogen-bond donors (Lipinski definition) is 3. The molecule has 1 aromatic heterocycles. The number of benzene rings is 1. The minimum Gasteiger partial charge on any atom is -0.386 e. The Morgan fingerprint density at radius 3 is 2.04 bits per heavy atom. The molecule has 1 aromatic carbocycles. The van der Waals surface area contributed by atoms with E-state index in [9.17, 15) is 27.8 Å². The molecule has 0 saturated carbocycles. The van der Waals surface area contributed by atoms with Gasteiger partial charge < -0.3 is 15.9 Å². The number of pyridine rings is 1. The van der Waals surface area contributed by atoms with Crippen LogP contribution in [0.25, 0.3) is 11.3 Å². The molecule has 0 aliphatic heterocycles. The molecular weight excluding hydrogens is 340 g/mol. The fourth-order valence-corrected chi connectivity index (χ4v) is 2.23. The van der Waals surface area contributed by atoms with Crippen LogP contribution in [0.3, 0.4) is 0 Å². The third kappa shape index (κ3) is 3.81. The maximum atomic E-state index is 13.3. The van der Waals surface area contributed by atoms with Crippen LogP contribution < -0.4 is 5.73 Å². The van der Waals surface area contributed by atoms with Crippen molar-refractivity contribution in [3.05, 3.63) is 53.5 Å². The van der Waals surface area contributed by atoms with Crippen molar-refractivity contribution in [2.24, 2.45) is 5.73 Å². The topological polar surface area (TPSA) is 79.4 Å². The molecule has 2 rings (SSSR count). The van der Waals surface area contributed by atoms with Gasteiger partial charge in [-0.2, -0.15) is 13.2 Å². The zero-order valence-corrected chi connectivity index (χ0v) is 13.6. The fraction of sp³-hybridized carbons (Fsp3) is 0.353. The lowest BCUT2D eigenvalue weighted by molar-refractivity contribution is -0.263. The SMILES string of the molecule is CC(C)(O)c1cc(-c2ccc(F)cc2)nc([C@](O)(CN)C(F)(F)F)c1. The van der Waals surface area contributed by atoms with Gasteiger partial charge in [-0.25, -0.2) is 9.37 Å². The van der Waals surface area contributed by atoms with Gasteiger partial charge in [-0.05, 0) is 55.8 Å². The molecule has 0 aliphatic carbocycles. The molecule has 25 heavy (non-hydrogen) atoms. The van der Waals surface area contributed by atoms with Gasteiger partial charge in [0.15, 0.2) is 0 Å². The molecule has 0 saturated heterocycles. The summed E-state index contributed by atoms with van der Waals surface area (Å²) in [5, 5.41) is 20.3. The Hall–Kier alpha value is -2.03. The van der Waals surface area contributed by atoms with Crippen LogP contribution in [-0.2, 0) is 11.2 Å². The predicted octanol–water partition coefficient (Wildman–Crippen LogP) is 2.82. The van der Waals surface area contributed by atoms with Gasteiger partial charge in [0.25, 0.3) is 0 Å². The highest BCUT2D eigenvalue weighted by atomic mass is 19.4. The molecule has 4 N–H and O–H groups in total. The Kier molecular flexibility index (Phi) is 4.91. The van der Waals surface area contributed by atoms with Gasteiger partial charge >= 0.3 is 6.18 Å². The maximum absolute atomic E-state index is 13.3. The van der Waals surface area contributed by atoms with Gasteiger partial charge in [0.05, 0.1) is 17.0 Å². The van der Waals surface area contributed by atoms with Crippen molar-refractivity contribution in [3.8, 4) is 11.3 Å². The molecule has 0 fully saturated rings. The van der Waals surface area contributed by atoms with Gasteiger partial charge in [0.1, 0.15) is 5.82 Å². The number of nitrogens with two attached hydrogens (primary N) is 1. The number of halogens is 4. The number of aromatic nitrogens is 1. The van der Waals surface area contributed by atoms with Gasteiger partial charge in [0, 0.05) is 12.1 Å². The van der Waals surface area contributed by atoms with E-state index in [0.29, 0.717) is 5.56 Å². The number of nitrogens with zero attached hydrogens (tertiary/aromatic N) is 1. The molecule has 0 spiro atoms. The molecule has 0 unspecified atom stereocenters. The Bertz CT molecular complexity index is 755. The summed E-state index contributed by atoms with van der Waals surface area (Å²) in [5.74, 6) is -0.517. The second-order valence-corrected chi connectivity index (χ2v) is 6.25. The van der Waals surface area contributed by atoms with Crippen molar-refractivity contribution >= 4 is 0 Å². The molecule has 1 atom stereocenters. The molecule has 4 nitrogen and oxygen atoms in total. The first kappa shape index (κ1) is 19.3. The van der Waals surface area contributed by atoms with Crippen LogP contribution in [0.15, 0.2) is 36.4 Å². The number of alkyl halides is 3. The van der Waals surface area contributed by atoms with Crippen molar-refractivity contribution in [1.29, 1.82) is 0 Å². The van der Waals surface area contributed by atoms with Crippen molar-refractivity contribution < 1.29 is 27.8 Å². The normalized spacial score (nSPS) is 15.1. The lowest BCUT2D eigenvalue weighted by Crippen LogP contribution is -2.49. The Balaban J connectivity index is 2.73. The largest absolute Gasteiger partial charge is 0.424 e. The zero-order valence-electron chi connectivity index (χ0n) is 13.6. The van der Waals surface area contributed by atoms with Crippen molar-refractivity contribution in [1.82, 2.24) is 4.98 Å². The van der Waals surface area contributed by atoms with E-state index < -0.39 is 35.4 Å². The van der Waals surface area contributed by atoms with Crippen molar-refractivity contribution in [2.75, 3.05) is 6.54 Å². The highest BCUT2D eigenvalue weighted by Crippen LogP contribution is 2.39. The van der Waals surface area contributed by atoms with Crippen LogP contribution in [0, 0.1) is 5.82 Å². The van der Waals surface area contributed by atoms with E-state index in [1.54, 1.807) is 0 Å². The smallest absolute Gasteiger partial charge is 0.386 e. The molecular formula is C17H18F4N2O2. The molecule has 0 aliphatic rings. The van der Waals surface area contributed by atoms with E-state index in [4.69, 9.17) is 5.73 Å². The quantitative estimate of drug-likeness (QED) is 0.735. The van der Waals surface area contributed by atoms with Crippen LogP contribution in [0.5, 0.6) is 0 Å². The average Bonchev–Trinajstić information content (AvgIpc) is 2.52. The summed E-state index contributed by atoms with van der Waals surface area (Å²) in [6, 6.07) is 7.28. The second-order valence-electron chi connectivity index (χ2n) is 6.25. The van der Waals surface area contributed by atoms with E-state index in [1.807, 2.05) is 0 Å². The first-order valence-corrected chi connectivity index (χ1v) is 7.39. The Morgan fingerprint density at radius 1 is 1.04 bits per heavy atom. The number of rotatable bonds is 4. The standard InChI is InChI=1S/C17H18F4N2O2/c1-15(2,24)11-7-13(10-3-5-12(18)6-4-10)23-14(8-11)16(25,9-22)17(19,20)21/h3-8,24-25H,9,22H2,1-2H3/t16-/m1/s1. The third-order valence-corrected chi connectivity index (χ3v) is 3.86. The summed E-state index contributed by atoms with van der Waals surface area (Å²) in [6.07, 6.45) is -5.06. The molecule has 8 heteroatoms. The lowest BCUT2D eigenvalue weighted by Gasteiger charge is -2.30. The highest BCUT2D eigenvalue weighted by Gasteiger charge is 2.55. The summed E-state index contributed by atoms with van der Waals surface area (Å²) < 4.78 is 53.1. The monoisotopic (exact) mass is 358 g/mol. The lowest BCUT2D eigenvalue weighted by atomic mass is 9.91. The fourth-order valence-electron chi connectivity index (χ4n) is 2.23. The van der Waals surface area contributed by atoms with E-state index in [2.05, 4.69) is 4.98 Å². The molecule has 0 radical (unpaired) electrons. The minimum atomic E-state index is -5.06.